The second-order valence-corrected chi connectivity index (χ2v) is 19.6. The first-order valence-electron chi connectivity index (χ1n) is 20.5. The normalized spacial score (nSPS) is 46.8. The molecule has 15 nitrogen and oxygen atoms in total. The molecule has 6 rings (SSSR count). The summed E-state index contributed by atoms with van der Waals surface area (Å²) in [5.74, 6) is 9.04. The lowest BCUT2D eigenvalue weighted by atomic mass is 9.47. The van der Waals surface area contributed by atoms with E-state index in [9.17, 15) is 39.1 Å². The summed E-state index contributed by atoms with van der Waals surface area (Å²) in [5.41, 5.74) is 1.87. The Morgan fingerprint density at radius 2 is 1.55 bits per heavy atom. The molecular weight excluding hydrogens is 738 g/mol. The van der Waals surface area contributed by atoms with Crippen LogP contribution in [0.5, 0.6) is 0 Å². The van der Waals surface area contributed by atoms with Crippen molar-refractivity contribution in [2.75, 3.05) is 13.2 Å². The van der Waals surface area contributed by atoms with Crippen LogP contribution in [0.25, 0.3) is 0 Å². The summed E-state index contributed by atoms with van der Waals surface area (Å²) >= 11 is 0. The highest BCUT2D eigenvalue weighted by Gasteiger charge is 2.59. The minimum absolute atomic E-state index is 0.0760. The Morgan fingerprint density at radius 1 is 0.855 bits per heavy atom. The lowest BCUT2D eigenvalue weighted by molar-refractivity contribution is -0.362. The molecule has 4 aliphatic carbocycles. The highest BCUT2D eigenvalue weighted by Crippen LogP contribution is 2.67. The maximum absolute atomic E-state index is 11.5. The third-order valence-electron chi connectivity index (χ3n) is 14.9. The number of ether oxygens (including phenoxy) is 4. The minimum Gasteiger partial charge on any atom is -0.394 e. The molecule has 3 saturated carbocycles. The fourth-order valence-corrected chi connectivity index (χ4v) is 12.1. The van der Waals surface area contributed by atoms with Crippen molar-refractivity contribution < 1.29 is 66.5 Å². The van der Waals surface area contributed by atoms with Crippen LogP contribution in [0.15, 0.2) is 11.6 Å². The Morgan fingerprint density at radius 3 is 2.24 bits per heavy atom. The Hall–Kier alpha value is -0.830. The molecule has 2 saturated heterocycles. The second kappa shape index (κ2) is 17.4. The molecule has 0 aromatic rings. The van der Waals surface area contributed by atoms with E-state index in [4.69, 9.17) is 18.9 Å². The van der Waals surface area contributed by atoms with Crippen LogP contribution in [0.2, 0.25) is 0 Å². The van der Waals surface area contributed by atoms with Gasteiger partial charge in [-0.1, -0.05) is 65.5 Å². The molecule has 55 heavy (non-hydrogen) atoms. The lowest BCUT2D eigenvalue weighted by Crippen LogP contribution is -2.65. The molecule has 0 bridgehead atoms. The molecule has 0 spiro atoms. The van der Waals surface area contributed by atoms with Gasteiger partial charge >= 0.3 is 10.4 Å². The zero-order valence-electron chi connectivity index (χ0n) is 33.0. The molecule has 2 aliphatic heterocycles. The summed E-state index contributed by atoms with van der Waals surface area (Å²) in [5, 5.41) is 64.0. The fourth-order valence-electron chi connectivity index (χ4n) is 11.8. The van der Waals surface area contributed by atoms with Gasteiger partial charge in [-0.2, -0.15) is 18.6 Å². The van der Waals surface area contributed by atoms with Gasteiger partial charge in [0.25, 0.3) is 0 Å². The van der Waals surface area contributed by atoms with Crippen molar-refractivity contribution in [2.45, 2.75) is 173 Å². The van der Waals surface area contributed by atoms with Gasteiger partial charge in [0.2, 0.25) is 0 Å². The van der Waals surface area contributed by atoms with E-state index in [-0.39, 0.29) is 11.5 Å². The number of aliphatic hydroxyl groups excluding tert-OH is 6. The smallest absolute Gasteiger partial charge is 0.394 e. The van der Waals surface area contributed by atoms with Gasteiger partial charge in [0.05, 0.1) is 19.3 Å². The van der Waals surface area contributed by atoms with Crippen LogP contribution in [0.3, 0.4) is 0 Å². The molecular formula is C39H67NO14S. The molecule has 1 unspecified atom stereocenters. The Labute approximate surface area is 326 Å². The summed E-state index contributed by atoms with van der Waals surface area (Å²) in [6.07, 6.45) is -1.42. The van der Waals surface area contributed by atoms with Gasteiger partial charge in [0.15, 0.2) is 12.6 Å². The quantitative estimate of drug-likeness (QED) is 0.0985. The highest BCUT2D eigenvalue weighted by molar-refractivity contribution is 7.81. The minimum atomic E-state index is -4.64. The van der Waals surface area contributed by atoms with E-state index in [0.717, 1.165) is 42.9 Å². The number of allylic oxidation sites excluding steroid dienone is 1. The Bertz CT molecular complexity index is 1430. The van der Waals surface area contributed by atoms with Crippen LogP contribution in [-0.2, 0) is 37.8 Å². The maximum atomic E-state index is 11.5. The molecule has 5 fully saturated rings. The second-order valence-electron chi connectivity index (χ2n) is 18.4. The van der Waals surface area contributed by atoms with Gasteiger partial charge in [-0.15, -0.1) is 0 Å². The number of hydrogen-bond donors (Lipinski definition) is 7. The standard InChI is InChI=1S/C39H67NO14S/c1-20(2)7-6-8-21(3)25-11-12-26-24-10-9-22-17-23(13-15-38(22,4)27(24)14-16-39(25,26)5)50-36-34(46)32(44)35(28(18-41)51-36)53-37-33(45)31(43)30(42)29(52-37)19-49-55(47,48)54-40/h9,20-21,23-37,41-46H,6-8,10-19,40H2,1-5H3/t21-,23+,24+,25-,26+,27+,28-,29-,30-,31+,32-,33-,34-,35-,36-,37-,38+,39?/m1/s1. The van der Waals surface area contributed by atoms with E-state index in [2.05, 4.69) is 55.1 Å². The topological polar surface area (TPSA) is 237 Å². The van der Waals surface area contributed by atoms with E-state index in [1.54, 1.807) is 0 Å². The van der Waals surface area contributed by atoms with Gasteiger partial charge in [-0.05, 0) is 97.7 Å². The highest BCUT2D eigenvalue weighted by atomic mass is 32.3. The molecule has 18 atom stereocenters. The number of rotatable bonds is 14. The third kappa shape index (κ3) is 8.75. The van der Waals surface area contributed by atoms with Crippen molar-refractivity contribution in [1.82, 2.24) is 0 Å². The summed E-state index contributed by atoms with van der Waals surface area (Å²) in [6.45, 7) is 10.6. The van der Waals surface area contributed by atoms with Crippen LogP contribution in [0, 0.1) is 46.3 Å². The molecule has 6 aliphatic rings. The van der Waals surface area contributed by atoms with E-state index in [1.165, 1.54) is 50.5 Å². The summed E-state index contributed by atoms with van der Waals surface area (Å²) in [4.78, 5) is 0. The van der Waals surface area contributed by atoms with Crippen LogP contribution in [-0.4, -0.2) is 120 Å². The molecule has 0 amide bonds. The van der Waals surface area contributed by atoms with Crippen molar-refractivity contribution >= 4 is 10.4 Å². The zero-order chi connectivity index (χ0) is 40.0. The predicted octanol–water partition coefficient (Wildman–Crippen LogP) is 2.20. The SMILES string of the molecule is CC(C)CCC[C@@H](C)[C@H]1CC[C@H]2[C@@H]3CC=C4C[C@@H](O[C@@H]5O[C@H](CO)[C@@H](O[C@H]6O[C@H](COS(=O)(=O)ON)[C@@H](O)[C@H](O)[C@H]6O)[C@H](O)[C@H]5O)CC[C@]4(C)[C@H]3CCC12C. The first-order chi connectivity index (χ1) is 25.9. The lowest BCUT2D eigenvalue weighted by Gasteiger charge is -2.58. The van der Waals surface area contributed by atoms with Gasteiger partial charge in [-0.25, -0.2) is 4.18 Å². The Balaban J connectivity index is 1.06. The molecule has 0 radical (unpaired) electrons. The molecule has 2 heterocycles. The summed E-state index contributed by atoms with van der Waals surface area (Å²) in [7, 11) is -4.64. The van der Waals surface area contributed by atoms with Crippen molar-refractivity contribution in [3.63, 3.8) is 0 Å². The van der Waals surface area contributed by atoms with Gasteiger partial charge in [0, 0.05) is 0 Å². The largest absolute Gasteiger partial charge is 0.415 e. The van der Waals surface area contributed by atoms with E-state index in [1.807, 2.05) is 0 Å². The predicted molar refractivity (Wildman–Crippen MR) is 197 cm³/mol. The number of hydrogen-bond acceptors (Lipinski definition) is 15. The van der Waals surface area contributed by atoms with Crippen molar-refractivity contribution in [3.8, 4) is 0 Å². The first kappa shape index (κ1) is 43.7. The maximum Gasteiger partial charge on any atom is 0.415 e. The third-order valence-corrected chi connectivity index (χ3v) is 15.5. The van der Waals surface area contributed by atoms with E-state index in [0.29, 0.717) is 23.7 Å². The number of aliphatic hydroxyl groups is 6. The monoisotopic (exact) mass is 805 g/mol. The molecule has 318 valence electrons. The summed E-state index contributed by atoms with van der Waals surface area (Å²) < 4.78 is 54.8. The van der Waals surface area contributed by atoms with Gasteiger partial charge in [0.1, 0.15) is 48.8 Å². The molecule has 16 heteroatoms. The van der Waals surface area contributed by atoms with E-state index >= 15 is 0 Å². The molecule has 0 aromatic carbocycles. The van der Waals surface area contributed by atoms with Crippen LogP contribution in [0.1, 0.15) is 105 Å². The fraction of sp³-hybridized carbons (Fsp3) is 0.949. The van der Waals surface area contributed by atoms with Crippen molar-refractivity contribution in [1.29, 1.82) is 0 Å². The summed E-state index contributed by atoms with van der Waals surface area (Å²) in [6, 6.07) is 0. The number of nitrogens with two attached hydrogens (primary N) is 1. The molecule has 0 aromatic heterocycles. The average molecular weight is 806 g/mol. The van der Waals surface area contributed by atoms with Crippen LogP contribution >= 0.6 is 0 Å². The van der Waals surface area contributed by atoms with Crippen LogP contribution in [0.4, 0.5) is 0 Å². The Kier molecular flexibility index (Phi) is 13.8. The number of fused-ring (bicyclic) bond motifs is 5. The first-order valence-corrected chi connectivity index (χ1v) is 21.9. The van der Waals surface area contributed by atoms with Crippen molar-refractivity contribution in [2.24, 2.45) is 52.2 Å². The average Bonchev–Trinajstić information content (AvgIpc) is 3.51. The molecule has 8 N–H and O–H groups in total. The van der Waals surface area contributed by atoms with Crippen molar-refractivity contribution in [3.05, 3.63) is 11.6 Å². The van der Waals surface area contributed by atoms with Crippen LogP contribution < -0.4 is 5.90 Å². The zero-order valence-corrected chi connectivity index (χ0v) is 33.8. The van der Waals surface area contributed by atoms with Gasteiger partial charge in [-0.3, -0.25) is 0 Å². The van der Waals surface area contributed by atoms with E-state index < -0.39 is 85.0 Å². The van der Waals surface area contributed by atoms with Gasteiger partial charge < -0.3 is 49.6 Å².